The second kappa shape index (κ2) is 9.80. The van der Waals surface area contributed by atoms with Gasteiger partial charge in [-0.3, -0.25) is 14.2 Å². The molecule has 0 radical (unpaired) electrons. The first-order valence-electron chi connectivity index (χ1n) is 11.4. The summed E-state index contributed by atoms with van der Waals surface area (Å²) in [6.45, 7) is 7.98. The smallest absolute Gasteiger partial charge is 0.267 e. The van der Waals surface area contributed by atoms with Crippen molar-refractivity contribution in [2.45, 2.75) is 57.7 Å². The number of amides is 1. The average molecular weight is 497 g/mol. The monoisotopic (exact) mass is 496 g/mol. The zero-order valence-corrected chi connectivity index (χ0v) is 21.4. The van der Waals surface area contributed by atoms with E-state index in [1.807, 2.05) is 45.0 Å². The zero-order chi connectivity index (χ0) is 24.5. The van der Waals surface area contributed by atoms with E-state index in [1.54, 1.807) is 22.8 Å². The molecule has 34 heavy (non-hydrogen) atoms. The van der Waals surface area contributed by atoms with Gasteiger partial charge >= 0.3 is 0 Å². The molecule has 1 amide bonds. The second-order valence-electron chi connectivity index (χ2n) is 8.81. The van der Waals surface area contributed by atoms with E-state index in [-0.39, 0.29) is 23.1 Å². The summed E-state index contributed by atoms with van der Waals surface area (Å²) in [4.78, 5) is 33.2. The van der Waals surface area contributed by atoms with Crippen molar-refractivity contribution in [3.05, 3.63) is 45.1 Å². The Kier molecular flexibility index (Phi) is 7.01. The van der Waals surface area contributed by atoms with Crippen LogP contribution in [-0.2, 0) is 17.6 Å². The van der Waals surface area contributed by atoms with Gasteiger partial charge in [-0.25, -0.2) is 4.98 Å². The van der Waals surface area contributed by atoms with E-state index in [0.717, 1.165) is 35.4 Å². The summed E-state index contributed by atoms with van der Waals surface area (Å²) in [5, 5.41) is 13.5. The number of ether oxygens (including phenoxy) is 1. The number of carbonyl (C=O) groups excluding carboxylic acids is 1. The first-order chi connectivity index (χ1) is 16.3. The molecular weight excluding hydrogens is 468 g/mol. The number of nitrogens with zero attached hydrogens (tertiary/aromatic N) is 3. The summed E-state index contributed by atoms with van der Waals surface area (Å²) in [6, 6.07) is 9.52. The van der Waals surface area contributed by atoms with Crippen LogP contribution in [-0.4, -0.2) is 33.4 Å². The van der Waals surface area contributed by atoms with Crippen molar-refractivity contribution in [3.63, 3.8) is 0 Å². The van der Waals surface area contributed by atoms with Crippen molar-refractivity contribution in [2.75, 3.05) is 12.4 Å². The Balaban J connectivity index is 1.72. The van der Waals surface area contributed by atoms with Crippen LogP contribution >= 0.6 is 23.1 Å². The van der Waals surface area contributed by atoms with Crippen LogP contribution in [0.1, 0.15) is 44.6 Å². The molecule has 0 spiro atoms. The molecule has 4 rings (SSSR count). The molecule has 1 aliphatic rings. The van der Waals surface area contributed by atoms with Crippen LogP contribution in [0, 0.1) is 17.2 Å². The highest BCUT2D eigenvalue weighted by atomic mass is 32.2. The maximum Gasteiger partial charge on any atom is 0.267 e. The van der Waals surface area contributed by atoms with Gasteiger partial charge in [0, 0.05) is 4.88 Å². The van der Waals surface area contributed by atoms with Crippen LogP contribution in [0.2, 0.25) is 0 Å². The fourth-order valence-corrected chi connectivity index (χ4v) is 6.08. The third-order valence-electron chi connectivity index (χ3n) is 6.23. The summed E-state index contributed by atoms with van der Waals surface area (Å²) in [5.74, 6) is 0.452. The Morgan fingerprint density at radius 1 is 1.35 bits per heavy atom. The molecule has 178 valence electrons. The lowest BCUT2D eigenvalue weighted by Gasteiger charge is -2.27. The number of thiophene rings is 1. The number of rotatable bonds is 8. The highest BCUT2D eigenvalue weighted by Crippen LogP contribution is 2.36. The second-order valence-corrected chi connectivity index (χ2v) is 10.8. The van der Waals surface area contributed by atoms with Gasteiger partial charge < -0.3 is 10.1 Å². The molecule has 0 aliphatic heterocycles. The summed E-state index contributed by atoms with van der Waals surface area (Å²) in [5.41, 5.74) is 0.722. The van der Waals surface area contributed by atoms with E-state index in [1.165, 1.54) is 16.6 Å². The van der Waals surface area contributed by atoms with Gasteiger partial charge in [0.25, 0.3) is 5.56 Å². The number of nitrogens with one attached hydrogen (secondary N) is 1. The molecular formula is C25H28N4O3S2. The van der Waals surface area contributed by atoms with Crippen molar-refractivity contribution in [1.82, 2.24) is 14.9 Å². The lowest BCUT2D eigenvalue weighted by Crippen LogP contribution is -2.49. The van der Waals surface area contributed by atoms with Crippen molar-refractivity contribution in [2.24, 2.45) is 5.92 Å². The van der Waals surface area contributed by atoms with Gasteiger partial charge in [0.1, 0.15) is 16.1 Å². The first-order valence-corrected chi connectivity index (χ1v) is 13.2. The van der Waals surface area contributed by atoms with Gasteiger partial charge in [0.15, 0.2) is 5.16 Å². The Hall–Kier alpha value is -2.83. The molecule has 3 aromatic rings. The minimum absolute atomic E-state index is 0.0449. The molecule has 9 heteroatoms. The number of hydrogen-bond acceptors (Lipinski definition) is 7. The van der Waals surface area contributed by atoms with E-state index in [0.29, 0.717) is 22.8 Å². The van der Waals surface area contributed by atoms with Crippen molar-refractivity contribution in [3.8, 4) is 17.5 Å². The molecule has 7 nitrogen and oxygen atoms in total. The van der Waals surface area contributed by atoms with E-state index in [4.69, 9.17) is 9.72 Å². The van der Waals surface area contributed by atoms with Crippen LogP contribution in [0.3, 0.4) is 0 Å². The normalized spacial score (nSPS) is 14.6. The third kappa shape index (κ3) is 4.57. The lowest BCUT2D eigenvalue weighted by molar-refractivity contribution is -0.120. The molecule has 2 aromatic heterocycles. The van der Waals surface area contributed by atoms with E-state index >= 15 is 0 Å². The Morgan fingerprint density at radius 3 is 2.74 bits per heavy atom. The minimum atomic E-state index is -0.960. The molecule has 0 fully saturated rings. The van der Waals surface area contributed by atoms with Crippen molar-refractivity contribution >= 4 is 39.2 Å². The lowest BCUT2D eigenvalue weighted by atomic mass is 9.90. The predicted octanol–water partition coefficient (Wildman–Crippen LogP) is 4.48. The molecule has 1 aromatic carbocycles. The minimum Gasteiger partial charge on any atom is -0.494 e. The molecule has 1 N–H and O–H groups in total. The van der Waals surface area contributed by atoms with Gasteiger partial charge in [-0.1, -0.05) is 25.6 Å². The number of thioether (sulfide) groups is 1. The predicted molar refractivity (Wildman–Crippen MR) is 136 cm³/mol. The number of aryl methyl sites for hydroxylation is 2. The van der Waals surface area contributed by atoms with Crippen LogP contribution in [0.5, 0.6) is 5.75 Å². The Bertz CT molecular complexity index is 1320. The number of hydrogen-bond donors (Lipinski definition) is 1. The first kappa shape index (κ1) is 24.3. The Labute approximate surface area is 207 Å². The number of aromatic nitrogens is 2. The number of benzene rings is 1. The molecule has 0 bridgehead atoms. The number of nitriles is 1. The van der Waals surface area contributed by atoms with Crippen LogP contribution < -0.4 is 15.6 Å². The topological polar surface area (TPSA) is 97.0 Å². The van der Waals surface area contributed by atoms with Gasteiger partial charge in [0.05, 0.1) is 29.5 Å². The van der Waals surface area contributed by atoms with Gasteiger partial charge in [-0.2, -0.15) is 5.26 Å². The molecule has 1 unspecified atom stereocenters. The summed E-state index contributed by atoms with van der Waals surface area (Å²) >= 11 is 2.78. The van der Waals surface area contributed by atoms with Gasteiger partial charge in [0.2, 0.25) is 5.91 Å². The van der Waals surface area contributed by atoms with Crippen molar-refractivity contribution < 1.29 is 9.53 Å². The highest BCUT2D eigenvalue weighted by molar-refractivity contribution is 7.99. The number of carbonyl (C=O) groups is 1. The number of fused-ring (bicyclic) bond motifs is 3. The van der Waals surface area contributed by atoms with Crippen LogP contribution in [0.15, 0.2) is 34.2 Å². The maximum absolute atomic E-state index is 13.7. The Morgan fingerprint density at radius 2 is 2.09 bits per heavy atom. The highest BCUT2D eigenvalue weighted by Gasteiger charge is 2.30. The van der Waals surface area contributed by atoms with E-state index in [9.17, 15) is 14.9 Å². The molecule has 0 saturated heterocycles. The summed E-state index contributed by atoms with van der Waals surface area (Å²) < 4.78 is 7.14. The quantitative estimate of drug-likeness (QED) is 0.365. The van der Waals surface area contributed by atoms with E-state index in [2.05, 4.69) is 11.4 Å². The fraction of sp³-hybridized carbons (Fsp3) is 0.440. The zero-order valence-electron chi connectivity index (χ0n) is 19.8. The standard InChI is InChI=1S/C25H28N4O3S2/c1-5-32-17-11-9-16(10-12-17)29-23(31)21-18-7-6-8-19(18)34-22(21)27-24(29)33-13-20(30)28-25(4,14-26)15(2)3/h9-12,15H,5-8,13H2,1-4H3,(H,28,30). The summed E-state index contributed by atoms with van der Waals surface area (Å²) in [6.07, 6.45) is 2.93. The molecule has 1 aliphatic carbocycles. The average Bonchev–Trinajstić information content (AvgIpc) is 3.39. The van der Waals surface area contributed by atoms with Crippen molar-refractivity contribution in [1.29, 1.82) is 5.26 Å². The van der Waals surface area contributed by atoms with Gasteiger partial charge in [-0.05, 0) is 68.9 Å². The molecule has 0 saturated carbocycles. The van der Waals surface area contributed by atoms with Gasteiger partial charge in [-0.15, -0.1) is 11.3 Å². The fourth-order valence-electron chi connectivity index (χ4n) is 3.96. The van der Waals surface area contributed by atoms with Crippen LogP contribution in [0.4, 0.5) is 0 Å². The SMILES string of the molecule is CCOc1ccc(-n2c(SCC(=O)NC(C)(C#N)C(C)C)nc3sc4c(c3c2=O)CCC4)cc1. The van der Waals surface area contributed by atoms with E-state index < -0.39 is 5.54 Å². The largest absolute Gasteiger partial charge is 0.494 e. The molecule has 1 atom stereocenters. The summed E-state index contributed by atoms with van der Waals surface area (Å²) in [7, 11) is 0. The van der Waals surface area contributed by atoms with Crippen LogP contribution in [0.25, 0.3) is 15.9 Å². The third-order valence-corrected chi connectivity index (χ3v) is 8.36. The maximum atomic E-state index is 13.7. The molecule has 2 heterocycles.